The molecule has 4 amide bonds. The highest BCUT2D eigenvalue weighted by Crippen LogP contribution is 2.40. The van der Waals surface area contributed by atoms with E-state index in [0.29, 0.717) is 17.3 Å². The van der Waals surface area contributed by atoms with Gasteiger partial charge in [-0.1, -0.05) is 12.1 Å². The fraction of sp³-hybridized carbons (Fsp3) is 0.400. The molecule has 29 heavy (non-hydrogen) atoms. The Hall–Kier alpha value is -3.23. The highest BCUT2D eigenvalue weighted by Gasteiger charge is 2.49. The second-order valence-corrected chi connectivity index (χ2v) is 7.74. The Kier molecular flexibility index (Phi) is 4.60. The number of imide groups is 1. The van der Waals surface area contributed by atoms with Crippen LogP contribution in [0.5, 0.6) is 0 Å². The zero-order valence-corrected chi connectivity index (χ0v) is 16.2. The van der Waals surface area contributed by atoms with E-state index in [-0.39, 0.29) is 6.04 Å². The largest absolute Gasteiger partial charge is 0.325 e. The average molecular weight is 399 g/mol. The molecule has 1 aliphatic heterocycles. The zero-order valence-electron chi connectivity index (χ0n) is 16.2. The van der Waals surface area contributed by atoms with Crippen molar-refractivity contribution in [2.75, 3.05) is 11.9 Å². The first-order chi connectivity index (χ1) is 13.8. The van der Waals surface area contributed by atoms with Crippen LogP contribution >= 0.6 is 0 Å². The molecule has 0 spiro atoms. The van der Waals surface area contributed by atoms with E-state index in [1.807, 2.05) is 6.92 Å². The van der Waals surface area contributed by atoms with E-state index >= 15 is 0 Å². The smallest absolute Gasteiger partial charge is 0.319 e. The molecule has 1 aliphatic carbocycles. The van der Waals surface area contributed by atoms with E-state index in [9.17, 15) is 18.8 Å². The Morgan fingerprint density at radius 1 is 1.31 bits per heavy atom. The van der Waals surface area contributed by atoms with E-state index < -0.39 is 35.7 Å². The molecular weight excluding hydrogens is 377 g/mol. The van der Waals surface area contributed by atoms with Gasteiger partial charge in [0.1, 0.15) is 23.7 Å². The lowest BCUT2D eigenvalue weighted by molar-refractivity contribution is -0.133. The van der Waals surface area contributed by atoms with Crippen LogP contribution in [-0.4, -0.2) is 39.1 Å². The summed E-state index contributed by atoms with van der Waals surface area (Å²) in [4.78, 5) is 38.7. The van der Waals surface area contributed by atoms with Crippen LogP contribution < -0.4 is 10.6 Å². The van der Waals surface area contributed by atoms with Crippen LogP contribution in [-0.2, 0) is 15.1 Å². The number of carbonyl (C=O) groups excluding carboxylic acids is 3. The summed E-state index contributed by atoms with van der Waals surface area (Å²) in [6.07, 6.45) is 3.88. The van der Waals surface area contributed by atoms with Gasteiger partial charge in [-0.25, -0.2) is 13.9 Å². The molecule has 2 atom stereocenters. The van der Waals surface area contributed by atoms with Crippen molar-refractivity contribution in [3.63, 3.8) is 0 Å². The Morgan fingerprint density at radius 2 is 2.00 bits per heavy atom. The average Bonchev–Trinajstić information content (AvgIpc) is 3.40. The van der Waals surface area contributed by atoms with Crippen molar-refractivity contribution in [2.24, 2.45) is 5.92 Å². The number of nitrogens with zero attached hydrogens (tertiary/aromatic N) is 3. The maximum absolute atomic E-state index is 13.2. The molecule has 1 aromatic carbocycles. The predicted molar refractivity (Wildman–Crippen MR) is 102 cm³/mol. The molecule has 0 radical (unpaired) electrons. The van der Waals surface area contributed by atoms with Crippen LogP contribution in [0.25, 0.3) is 0 Å². The highest BCUT2D eigenvalue weighted by atomic mass is 19.1. The summed E-state index contributed by atoms with van der Waals surface area (Å²) >= 11 is 0. The number of urea groups is 1. The quantitative estimate of drug-likeness (QED) is 0.729. The summed E-state index contributed by atoms with van der Waals surface area (Å²) < 4.78 is 15.0. The lowest BCUT2D eigenvalue weighted by Crippen LogP contribution is -2.42. The first kappa shape index (κ1) is 19.1. The van der Waals surface area contributed by atoms with Crippen molar-refractivity contribution in [2.45, 2.75) is 38.3 Å². The van der Waals surface area contributed by atoms with Crippen LogP contribution in [0, 0.1) is 11.7 Å². The second-order valence-electron chi connectivity index (χ2n) is 7.74. The van der Waals surface area contributed by atoms with Gasteiger partial charge in [0.15, 0.2) is 0 Å². The number of anilines is 1. The molecule has 2 heterocycles. The summed E-state index contributed by atoms with van der Waals surface area (Å²) in [5.74, 6) is -0.427. The molecule has 1 saturated heterocycles. The van der Waals surface area contributed by atoms with Crippen LogP contribution in [0.4, 0.5) is 15.0 Å². The number of hydrogen-bond donors (Lipinski definition) is 2. The van der Waals surface area contributed by atoms with Gasteiger partial charge in [0, 0.05) is 6.07 Å². The molecule has 1 saturated carbocycles. The minimum Gasteiger partial charge on any atom is -0.319 e. The molecular formula is C20H22FN5O3. The van der Waals surface area contributed by atoms with Gasteiger partial charge >= 0.3 is 6.03 Å². The number of amides is 4. The summed E-state index contributed by atoms with van der Waals surface area (Å²) in [7, 11) is 0. The lowest BCUT2D eigenvalue weighted by Gasteiger charge is -2.22. The Labute approximate surface area is 167 Å². The van der Waals surface area contributed by atoms with E-state index in [0.717, 1.165) is 17.7 Å². The first-order valence-electron chi connectivity index (χ1n) is 9.53. The number of benzene rings is 1. The molecule has 8 nitrogen and oxygen atoms in total. The van der Waals surface area contributed by atoms with Crippen LogP contribution in [0.3, 0.4) is 0 Å². The first-order valence-corrected chi connectivity index (χ1v) is 9.53. The van der Waals surface area contributed by atoms with Gasteiger partial charge in [-0.3, -0.25) is 14.5 Å². The van der Waals surface area contributed by atoms with Gasteiger partial charge < -0.3 is 10.6 Å². The van der Waals surface area contributed by atoms with Crippen molar-refractivity contribution >= 4 is 23.7 Å². The molecule has 1 aromatic heterocycles. The number of carbonyl (C=O) groups is 3. The molecule has 152 valence electrons. The van der Waals surface area contributed by atoms with E-state index in [4.69, 9.17) is 0 Å². The predicted octanol–water partition coefficient (Wildman–Crippen LogP) is 2.40. The summed E-state index contributed by atoms with van der Waals surface area (Å²) in [5.41, 5.74) is -0.913. The van der Waals surface area contributed by atoms with Gasteiger partial charge in [-0.15, -0.1) is 0 Å². The molecule has 2 N–H and O–H groups in total. The third-order valence-corrected chi connectivity index (χ3v) is 5.63. The van der Waals surface area contributed by atoms with Crippen molar-refractivity contribution < 1.29 is 18.8 Å². The van der Waals surface area contributed by atoms with E-state index in [1.165, 1.54) is 31.2 Å². The van der Waals surface area contributed by atoms with Gasteiger partial charge in [0.25, 0.3) is 5.91 Å². The lowest BCUT2D eigenvalue weighted by atomic mass is 9.92. The molecule has 9 heteroatoms. The van der Waals surface area contributed by atoms with Gasteiger partial charge in [0.2, 0.25) is 5.91 Å². The van der Waals surface area contributed by atoms with Crippen molar-refractivity contribution in [3.05, 3.63) is 47.9 Å². The van der Waals surface area contributed by atoms with Crippen LogP contribution in [0.2, 0.25) is 0 Å². The van der Waals surface area contributed by atoms with Gasteiger partial charge in [-0.05, 0) is 50.3 Å². The molecule has 4 rings (SSSR count). The van der Waals surface area contributed by atoms with Crippen LogP contribution in [0.1, 0.15) is 38.3 Å². The second kappa shape index (κ2) is 6.98. The standard InChI is InChI=1S/C20H22FN5O3/c1-12(13-3-4-13)26-16(9-10-22-26)23-17(27)11-25-18(28)20(2,24-19(25)29)14-5-7-15(21)8-6-14/h5-10,12-13H,3-4,11H2,1-2H3,(H,23,27)(H,24,29). The summed E-state index contributed by atoms with van der Waals surface area (Å²) in [6.45, 7) is 3.15. The summed E-state index contributed by atoms with van der Waals surface area (Å²) in [5, 5.41) is 9.61. The molecule has 0 bridgehead atoms. The monoisotopic (exact) mass is 399 g/mol. The maximum atomic E-state index is 13.2. The zero-order chi connectivity index (χ0) is 20.8. The van der Waals surface area contributed by atoms with E-state index in [1.54, 1.807) is 16.9 Å². The minimum atomic E-state index is -1.35. The Balaban J connectivity index is 1.46. The van der Waals surface area contributed by atoms with Crippen molar-refractivity contribution in [1.29, 1.82) is 0 Å². The number of hydrogen-bond acceptors (Lipinski definition) is 4. The fourth-order valence-corrected chi connectivity index (χ4v) is 3.66. The molecule has 2 aliphatic rings. The maximum Gasteiger partial charge on any atom is 0.325 e. The third-order valence-electron chi connectivity index (χ3n) is 5.63. The number of halogens is 1. The normalized spacial score (nSPS) is 22.5. The van der Waals surface area contributed by atoms with Crippen molar-refractivity contribution in [1.82, 2.24) is 20.0 Å². The van der Waals surface area contributed by atoms with Crippen LogP contribution in [0.15, 0.2) is 36.5 Å². The Bertz CT molecular complexity index is 969. The third kappa shape index (κ3) is 3.48. The van der Waals surface area contributed by atoms with Gasteiger partial charge in [0.05, 0.1) is 12.2 Å². The fourth-order valence-electron chi connectivity index (χ4n) is 3.66. The molecule has 2 fully saturated rings. The summed E-state index contributed by atoms with van der Waals surface area (Å²) in [6, 6.07) is 6.50. The minimum absolute atomic E-state index is 0.166. The number of nitrogens with one attached hydrogen (secondary N) is 2. The SMILES string of the molecule is CC(C1CC1)n1nccc1NC(=O)CN1C(=O)NC(C)(c2ccc(F)cc2)C1=O. The van der Waals surface area contributed by atoms with Crippen molar-refractivity contribution in [3.8, 4) is 0 Å². The van der Waals surface area contributed by atoms with Gasteiger partial charge in [-0.2, -0.15) is 5.10 Å². The van der Waals surface area contributed by atoms with E-state index in [2.05, 4.69) is 15.7 Å². The number of rotatable bonds is 6. The highest BCUT2D eigenvalue weighted by molar-refractivity contribution is 6.10. The molecule has 2 aromatic rings. The molecule has 2 unspecified atom stereocenters. The topological polar surface area (TPSA) is 96.3 Å². The Morgan fingerprint density at radius 3 is 2.66 bits per heavy atom. The number of aromatic nitrogens is 2.